The standard InChI is InChI=1S/C14H21/c1-5-6-12-7-9-13(10-8-12)11-14(2,3)4/h6-10H,5,11H2,1-4H3. The van der Waals surface area contributed by atoms with Gasteiger partial charge in [0.1, 0.15) is 0 Å². The van der Waals surface area contributed by atoms with Crippen LogP contribution in [0.2, 0.25) is 0 Å². The van der Waals surface area contributed by atoms with E-state index < -0.39 is 0 Å². The van der Waals surface area contributed by atoms with Gasteiger partial charge in [0.2, 0.25) is 0 Å². The third-order valence-corrected chi connectivity index (χ3v) is 2.15. The zero-order chi connectivity index (χ0) is 10.6. The second-order valence-corrected chi connectivity index (χ2v) is 5.09. The van der Waals surface area contributed by atoms with Crippen molar-refractivity contribution in [3.8, 4) is 0 Å². The van der Waals surface area contributed by atoms with Gasteiger partial charge in [-0.15, -0.1) is 0 Å². The lowest BCUT2D eigenvalue weighted by molar-refractivity contribution is 0.411. The highest BCUT2D eigenvalue weighted by molar-refractivity contribution is 5.27. The molecule has 0 heteroatoms. The van der Waals surface area contributed by atoms with Crippen LogP contribution in [0.1, 0.15) is 45.2 Å². The Balaban J connectivity index is 2.64. The number of rotatable bonds is 3. The zero-order valence-corrected chi connectivity index (χ0v) is 9.80. The highest BCUT2D eigenvalue weighted by atomic mass is 14.2. The monoisotopic (exact) mass is 189 g/mol. The van der Waals surface area contributed by atoms with Crippen LogP contribution < -0.4 is 0 Å². The normalized spacial score (nSPS) is 11.7. The van der Waals surface area contributed by atoms with Crippen LogP contribution >= 0.6 is 0 Å². The largest absolute Gasteiger partial charge is 0.0648 e. The van der Waals surface area contributed by atoms with E-state index in [1.165, 1.54) is 11.1 Å². The molecule has 0 spiro atoms. The van der Waals surface area contributed by atoms with Crippen LogP contribution in [0.25, 0.3) is 0 Å². The molecule has 0 aliphatic heterocycles. The van der Waals surface area contributed by atoms with Crippen molar-refractivity contribution < 1.29 is 0 Å². The maximum Gasteiger partial charge on any atom is -0.00958 e. The molecule has 0 unspecified atom stereocenters. The van der Waals surface area contributed by atoms with Crippen molar-refractivity contribution in [1.29, 1.82) is 0 Å². The number of hydrogen-bond donors (Lipinski definition) is 0. The van der Waals surface area contributed by atoms with Crippen molar-refractivity contribution in [1.82, 2.24) is 0 Å². The third kappa shape index (κ3) is 3.95. The predicted molar refractivity (Wildman–Crippen MR) is 63.3 cm³/mol. The Morgan fingerprint density at radius 3 is 2.07 bits per heavy atom. The lowest BCUT2D eigenvalue weighted by Crippen LogP contribution is -2.08. The third-order valence-electron chi connectivity index (χ3n) is 2.15. The van der Waals surface area contributed by atoms with Crippen LogP contribution in [-0.4, -0.2) is 0 Å². The van der Waals surface area contributed by atoms with Crippen LogP contribution in [0.5, 0.6) is 0 Å². The van der Waals surface area contributed by atoms with E-state index in [4.69, 9.17) is 0 Å². The van der Waals surface area contributed by atoms with Gasteiger partial charge in [0, 0.05) is 0 Å². The molecule has 0 aliphatic carbocycles. The maximum atomic E-state index is 2.28. The first-order chi connectivity index (χ1) is 6.51. The molecule has 0 aromatic heterocycles. The van der Waals surface area contributed by atoms with Crippen molar-refractivity contribution >= 4 is 0 Å². The summed E-state index contributed by atoms with van der Waals surface area (Å²) in [5.74, 6) is 0. The Hall–Kier alpha value is -0.780. The van der Waals surface area contributed by atoms with E-state index in [1.807, 2.05) is 0 Å². The highest BCUT2D eigenvalue weighted by Crippen LogP contribution is 2.20. The van der Waals surface area contributed by atoms with Crippen molar-refractivity contribution in [3.63, 3.8) is 0 Å². The van der Waals surface area contributed by atoms with Gasteiger partial charge in [-0.2, -0.15) is 0 Å². The van der Waals surface area contributed by atoms with Gasteiger partial charge in [0.25, 0.3) is 0 Å². The average molecular weight is 189 g/mol. The van der Waals surface area contributed by atoms with Crippen LogP contribution in [0.3, 0.4) is 0 Å². The molecule has 0 fully saturated rings. The van der Waals surface area contributed by atoms with Crippen LogP contribution in [0.4, 0.5) is 0 Å². The molecule has 0 amide bonds. The summed E-state index contributed by atoms with van der Waals surface area (Å²) in [6.07, 6.45) is 4.51. The van der Waals surface area contributed by atoms with E-state index in [2.05, 4.69) is 58.4 Å². The molecular formula is C14H21. The fourth-order valence-electron chi connectivity index (χ4n) is 1.62. The molecule has 0 nitrogen and oxygen atoms in total. The summed E-state index contributed by atoms with van der Waals surface area (Å²) in [5, 5.41) is 0. The lowest BCUT2D eigenvalue weighted by Gasteiger charge is -2.18. The summed E-state index contributed by atoms with van der Waals surface area (Å²) in [6.45, 7) is 9.00. The van der Waals surface area contributed by atoms with Crippen molar-refractivity contribution in [2.75, 3.05) is 0 Å². The summed E-state index contributed by atoms with van der Waals surface area (Å²) in [6, 6.07) is 8.91. The Labute approximate surface area is 88.4 Å². The van der Waals surface area contributed by atoms with Gasteiger partial charge in [-0.05, 0) is 35.8 Å². The maximum absolute atomic E-state index is 2.28. The van der Waals surface area contributed by atoms with E-state index in [-0.39, 0.29) is 0 Å². The van der Waals surface area contributed by atoms with Gasteiger partial charge in [-0.3, -0.25) is 0 Å². The van der Waals surface area contributed by atoms with E-state index in [1.54, 1.807) is 0 Å². The summed E-state index contributed by atoms with van der Waals surface area (Å²) in [5.41, 5.74) is 3.16. The van der Waals surface area contributed by atoms with Crippen molar-refractivity contribution in [2.45, 2.75) is 40.5 Å². The minimum absolute atomic E-state index is 0.385. The van der Waals surface area contributed by atoms with Crippen LogP contribution in [0, 0.1) is 11.8 Å². The van der Waals surface area contributed by atoms with Crippen molar-refractivity contribution in [2.24, 2.45) is 5.41 Å². The molecule has 1 aromatic rings. The van der Waals surface area contributed by atoms with E-state index >= 15 is 0 Å². The van der Waals surface area contributed by atoms with Gasteiger partial charge in [-0.1, -0.05) is 52.0 Å². The van der Waals surface area contributed by atoms with Crippen molar-refractivity contribution in [3.05, 3.63) is 41.8 Å². The fourth-order valence-corrected chi connectivity index (χ4v) is 1.62. The molecule has 0 saturated heterocycles. The highest BCUT2D eigenvalue weighted by Gasteiger charge is 2.10. The molecule has 0 heterocycles. The van der Waals surface area contributed by atoms with Crippen LogP contribution in [0.15, 0.2) is 24.3 Å². The van der Waals surface area contributed by atoms with Gasteiger partial charge < -0.3 is 0 Å². The first kappa shape index (κ1) is 11.3. The molecule has 1 radical (unpaired) electrons. The second-order valence-electron chi connectivity index (χ2n) is 5.09. The van der Waals surface area contributed by atoms with Gasteiger partial charge in [0.05, 0.1) is 0 Å². The Morgan fingerprint density at radius 1 is 1.07 bits per heavy atom. The minimum atomic E-state index is 0.385. The van der Waals surface area contributed by atoms with E-state index in [9.17, 15) is 0 Å². The predicted octanol–water partition coefficient (Wildman–Crippen LogP) is 4.24. The lowest BCUT2D eigenvalue weighted by atomic mass is 9.88. The molecule has 0 atom stereocenters. The smallest absolute Gasteiger partial charge is 0.00958 e. The van der Waals surface area contributed by atoms with Gasteiger partial charge >= 0.3 is 0 Å². The quantitative estimate of drug-likeness (QED) is 0.667. The fraction of sp³-hybridized carbons (Fsp3) is 0.500. The summed E-state index contributed by atoms with van der Waals surface area (Å²) < 4.78 is 0. The topological polar surface area (TPSA) is 0 Å². The molecule has 14 heavy (non-hydrogen) atoms. The SMILES string of the molecule is CC[CH]c1ccc(CC(C)(C)C)cc1. The molecule has 0 bridgehead atoms. The van der Waals surface area contributed by atoms with Crippen LogP contribution in [-0.2, 0) is 6.42 Å². The minimum Gasteiger partial charge on any atom is -0.0648 e. The van der Waals surface area contributed by atoms with Gasteiger partial charge in [0.15, 0.2) is 0 Å². The molecule has 0 aliphatic rings. The molecule has 77 valence electrons. The van der Waals surface area contributed by atoms with E-state index in [0.29, 0.717) is 5.41 Å². The second kappa shape index (κ2) is 4.63. The summed E-state index contributed by atoms with van der Waals surface area (Å²) in [4.78, 5) is 0. The molecular weight excluding hydrogens is 168 g/mol. The van der Waals surface area contributed by atoms with E-state index in [0.717, 1.165) is 12.8 Å². The number of hydrogen-bond acceptors (Lipinski definition) is 0. The molecule has 1 aromatic carbocycles. The molecule has 0 N–H and O–H groups in total. The zero-order valence-electron chi connectivity index (χ0n) is 9.80. The molecule has 0 saturated carbocycles. The first-order valence-electron chi connectivity index (χ1n) is 5.43. The Kier molecular flexibility index (Phi) is 3.74. The molecule has 1 rings (SSSR count). The summed E-state index contributed by atoms with van der Waals surface area (Å²) in [7, 11) is 0. The Morgan fingerprint density at radius 2 is 1.64 bits per heavy atom. The number of benzene rings is 1. The summed E-state index contributed by atoms with van der Waals surface area (Å²) >= 11 is 0. The Bertz CT molecular complexity index is 261. The average Bonchev–Trinajstić information content (AvgIpc) is 2.06. The van der Waals surface area contributed by atoms with Gasteiger partial charge in [-0.25, -0.2) is 0 Å². The first-order valence-corrected chi connectivity index (χ1v) is 5.43.